The fourth-order valence-corrected chi connectivity index (χ4v) is 2.09. The van der Waals surface area contributed by atoms with E-state index in [1.807, 2.05) is 0 Å². The zero-order valence-electron chi connectivity index (χ0n) is 10.4. The predicted octanol–water partition coefficient (Wildman–Crippen LogP) is 4.50. The van der Waals surface area contributed by atoms with E-state index in [0.29, 0.717) is 20.9 Å². The molecule has 0 atom stereocenters. The molecule has 2 rings (SSSR count). The maximum atomic E-state index is 13.7. The van der Waals surface area contributed by atoms with Crippen molar-refractivity contribution in [2.75, 3.05) is 12.4 Å². The van der Waals surface area contributed by atoms with Crippen LogP contribution < -0.4 is 10.1 Å². The Hall–Kier alpha value is -1.59. The van der Waals surface area contributed by atoms with E-state index in [0.717, 1.165) is 0 Å². The van der Waals surface area contributed by atoms with Crippen molar-refractivity contribution in [1.29, 1.82) is 0 Å². The van der Waals surface area contributed by atoms with Gasteiger partial charge in [0, 0.05) is 10.5 Å². The lowest BCUT2D eigenvalue weighted by Crippen LogP contribution is -2.14. The fraction of sp³-hybridized carbons (Fsp3) is 0.0714. The number of ether oxygens (including phenoxy) is 1. The quantitative estimate of drug-likeness (QED) is 0.877. The number of nitrogens with one attached hydrogen (secondary N) is 1. The molecule has 0 aliphatic rings. The minimum Gasteiger partial charge on any atom is -0.497 e. The van der Waals surface area contributed by atoms with E-state index in [9.17, 15) is 9.18 Å². The van der Waals surface area contributed by atoms with E-state index in [2.05, 4.69) is 21.2 Å². The normalized spacial score (nSPS) is 10.2. The van der Waals surface area contributed by atoms with Gasteiger partial charge >= 0.3 is 0 Å². The third kappa shape index (κ3) is 3.29. The van der Waals surface area contributed by atoms with Crippen LogP contribution in [0.2, 0.25) is 5.02 Å². The molecule has 0 spiro atoms. The first-order valence-corrected chi connectivity index (χ1v) is 6.78. The van der Waals surface area contributed by atoms with E-state index >= 15 is 0 Å². The summed E-state index contributed by atoms with van der Waals surface area (Å²) in [6, 6.07) is 9.03. The highest BCUT2D eigenvalue weighted by Gasteiger charge is 2.14. The van der Waals surface area contributed by atoms with Crippen molar-refractivity contribution in [3.05, 3.63) is 57.3 Å². The van der Waals surface area contributed by atoms with Gasteiger partial charge in [0.05, 0.1) is 23.4 Å². The van der Waals surface area contributed by atoms with Gasteiger partial charge in [-0.05, 0) is 30.3 Å². The molecule has 0 saturated carbocycles. The van der Waals surface area contributed by atoms with E-state index in [-0.39, 0.29) is 5.56 Å². The molecule has 0 aromatic heterocycles. The van der Waals surface area contributed by atoms with Crippen LogP contribution in [0.1, 0.15) is 10.4 Å². The van der Waals surface area contributed by atoms with E-state index in [1.165, 1.54) is 19.2 Å². The van der Waals surface area contributed by atoms with E-state index in [4.69, 9.17) is 16.3 Å². The van der Waals surface area contributed by atoms with Crippen LogP contribution in [0.15, 0.2) is 40.9 Å². The Morgan fingerprint density at radius 3 is 2.70 bits per heavy atom. The van der Waals surface area contributed by atoms with Crippen LogP contribution in [0.5, 0.6) is 5.75 Å². The highest BCUT2D eigenvalue weighted by Crippen LogP contribution is 2.27. The minimum atomic E-state index is -0.615. The van der Waals surface area contributed by atoms with E-state index < -0.39 is 11.7 Å². The first-order valence-electron chi connectivity index (χ1n) is 5.61. The van der Waals surface area contributed by atoms with Crippen LogP contribution in [0.25, 0.3) is 0 Å². The second kappa shape index (κ2) is 6.24. The summed E-state index contributed by atoms with van der Waals surface area (Å²) < 4.78 is 19.3. The lowest BCUT2D eigenvalue weighted by atomic mass is 10.2. The Bertz CT molecular complexity index is 664. The maximum absolute atomic E-state index is 13.7. The van der Waals surface area contributed by atoms with Gasteiger partial charge in [0.2, 0.25) is 0 Å². The third-order valence-corrected chi connectivity index (χ3v) is 3.42. The van der Waals surface area contributed by atoms with E-state index in [1.54, 1.807) is 24.3 Å². The first kappa shape index (κ1) is 14.8. The van der Waals surface area contributed by atoms with Crippen LogP contribution in [0.3, 0.4) is 0 Å². The predicted molar refractivity (Wildman–Crippen MR) is 80.1 cm³/mol. The van der Waals surface area contributed by atoms with Crippen LogP contribution >= 0.6 is 27.5 Å². The Kier molecular flexibility index (Phi) is 4.62. The topological polar surface area (TPSA) is 38.3 Å². The van der Waals surface area contributed by atoms with Crippen LogP contribution in [0.4, 0.5) is 10.1 Å². The van der Waals surface area contributed by atoms with Gasteiger partial charge < -0.3 is 10.1 Å². The Morgan fingerprint density at radius 2 is 2.05 bits per heavy atom. The number of methoxy groups -OCH3 is 1. The average molecular weight is 359 g/mol. The Morgan fingerprint density at radius 1 is 1.30 bits per heavy atom. The second-order valence-electron chi connectivity index (χ2n) is 3.92. The molecule has 0 aliphatic carbocycles. The second-order valence-corrected chi connectivity index (χ2v) is 5.25. The summed E-state index contributed by atoms with van der Waals surface area (Å²) in [5.41, 5.74) is 0.297. The summed E-state index contributed by atoms with van der Waals surface area (Å²) in [5.74, 6) is -0.651. The third-order valence-electron chi connectivity index (χ3n) is 2.60. The summed E-state index contributed by atoms with van der Waals surface area (Å²) >= 11 is 9.11. The molecule has 0 bridgehead atoms. The highest BCUT2D eigenvalue weighted by molar-refractivity contribution is 9.10. The van der Waals surface area contributed by atoms with Crippen LogP contribution in [-0.4, -0.2) is 13.0 Å². The lowest BCUT2D eigenvalue weighted by molar-refractivity contribution is 0.102. The summed E-state index contributed by atoms with van der Waals surface area (Å²) in [7, 11) is 1.50. The molecule has 0 saturated heterocycles. The lowest BCUT2D eigenvalue weighted by Gasteiger charge is -2.09. The molecular weight excluding hydrogens is 349 g/mol. The SMILES string of the molecule is COc1ccc(Cl)c(NC(=O)c2ccc(Br)cc2F)c1. The smallest absolute Gasteiger partial charge is 0.258 e. The molecule has 3 nitrogen and oxygen atoms in total. The fourth-order valence-electron chi connectivity index (χ4n) is 1.59. The monoisotopic (exact) mass is 357 g/mol. The van der Waals surface area contributed by atoms with Gasteiger partial charge in [-0.2, -0.15) is 0 Å². The molecule has 0 aliphatic heterocycles. The number of hydrogen-bond donors (Lipinski definition) is 1. The van der Waals surface area contributed by atoms with Crippen molar-refractivity contribution < 1.29 is 13.9 Å². The molecule has 1 amide bonds. The summed E-state index contributed by atoms with van der Waals surface area (Å²) in [4.78, 5) is 12.0. The van der Waals surface area contributed by atoms with Crippen molar-refractivity contribution in [3.63, 3.8) is 0 Å². The van der Waals surface area contributed by atoms with Gasteiger partial charge in [0.15, 0.2) is 0 Å². The van der Waals surface area contributed by atoms with Gasteiger partial charge in [-0.25, -0.2) is 4.39 Å². The van der Waals surface area contributed by atoms with Crippen molar-refractivity contribution >= 4 is 39.1 Å². The van der Waals surface area contributed by atoms with Gasteiger partial charge in [0.25, 0.3) is 5.91 Å². The molecule has 0 fully saturated rings. The van der Waals surface area contributed by atoms with Crippen molar-refractivity contribution in [2.45, 2.75) is 0 Å². The van der Waals surface area contributed by atoms with Gasteiger partial charge in [-0.1, -0.05) is 27.5 Å². The molecule has 2 aromatic rings. The Labute approximate surface area is 128 Å². The molecule has 20 heavy (non-hydrogen) atoms. The number of amides is 1. The van der Waals surface area contributed by atoms with Crippen LogP contribution in [0, 0.1) is 5.82 Å². The molecule has 0 heterocycles. The number of carbonyl (C=O) groups is 1. The average Bonchev–Trinajstić information content (AvgIpc) is 2.41. The van der Waals surface area contributed by atoms with Gasteiger partial charge in [-0.15, -0.1) is 0 Å². The van der Waals surface area contributed by atoms with Crippen molar-refractivity contribution in [3.8, 4) is 5.75 Å². The molecular formula is C14H10BrClFNO2. The minimum absolute atomic E-state index is 0.0629. The standard InChI is InChI=1S/C14H10BrClFNO2/c1-20-9-3-5-11(16)13(7-9)18-14(19)10-4-2-8(15)6-12(10)17/h2-7H,1H3,(H,18,19). The van der Waals surface area contributed by atoms with Gasteiger partial charge in [0.1, 0.15) is 11.6 Å². The molecule has 2 aromatic carbocycles. The number of carbonyl (C=O) groups excluding carboxylic acids is 1. The molecule has 0 unspecified atom stereocenters. The molecule has 6 heteroatoms. The number of rotatable bonds is 3. The molecule has 1 N–H and O–H groups in total. The molecule has 0 radical (unpaired) electrons. The number of hydrogen-bond acceptors (Lipinski definition) is 2. The first-order chi connectivity index (χ1) is 9.51. The number of anilines is 1. The summed E-state index contributed by atoms with van der Waals surface area (Å²) in [5, 5.41) is 2.90. The van der Waals surface area contributed by atoms with Gasteiger partial charge in [-0.3, -0.25) is 4.79 Å². The van der Waals surface area contributed by atoms with Crippen LogP contribution in [-0.2, 0) is 0 Å². The largest absolute Gasteiger partial charge is 0.497 e. The molecule has 104 valence electrons. The summed E-state index contributed by atoms with van der Waals surface area (Å²) in [6.07, 6.45) is 0. The maximum Gasteiger partial charge on any atom is 0.258 e. The zero-order valence-corrected chi connectivity index (χ0v) is 12.8. The highest BCUT2D eigenvalue weighted by atomic mass is 79.9. The van der Waals surface area contributed by atoms with Crippen molar-refractivity contribution in [2.24, 2.45) is 0 Å². The summed E-state index contributed by atoms with van der Waals surface area (Å²) in [6.45, 7) is 0. The Balaban J connectivity index is 2.27. The van der Waals surface area contributed by atoms with Crippen molar-refractivity contribution in [1.82, 2.24) is 0 Å². The zero-order chi connectivity index (χ0) is 14.7. The number of benzene rings is 2. The number of halogens is 3.